The maximum absolute atomic E-state index is 6.37. The molecule has 0 saturated heterocycles. The molecule has 0 aliphatic heterocycles. The molecule has 0 bridgehead atoms. The van der Waals surface area contributed by atoms with Gasteiger partial charge in [-0.25, -0.2) is 0 Å². The number of rotatable bonds is 11. The first-order chi connectivity index (χ1) is 23.0. The normalized spacial score (nSPS) is 12.1. The van der Waals surface area contributed by atoms with Crippen LogP contribution >= 0.6 is 0 Å². The van der Waals surface area contributed by atoms with Crippen molar-refractivity contribution in [1.82, 2.24) is 0 Å². The molecule has 5 heteroatoms. The van der Waals surface area contributed by atoms with E-state index in [9.17, 15) is 0 Å². The van der Waals surface area contributed by atoms with Gasteiger partial charge in [0.05, 0.1) is 6.61 Å². The van der Waals surface area contributed by atoms with Gasteiger partial charge < -0.3 is 18.9 Å². The summed E-state index contributed by atoms with van der Waals surface area (Å²) in [5.74, 6) is 2.50. The van der Waals surface area contributed by atoms with Gasteiger partial charge in [-0.2, -0.15) is 0 Å². The second-order valence-corrected chi connectivity index (χ2v) is 15.8. The highest BCUT2D eigenvalue weighted by Gasteiger charge is 2.32. The van der Waals surface area contributed by atoms with Crippen LogP contribution in [0.3, 0.4) is 0 Å². The summed E-state index contributed by atoms with van der Waals surface area (Å²) in [4.78, 5) is 3.43. The fourth-order valence-electron chi connectivity index (χ4n) is 5.81. The molecular formula is C43H45O4S+. The maximum atomic E-state index is 6.37. The van der Waals surface area contributed by atoms with E-state index < -0.39 is 10.9 Å². The van der Waals surface area contributed by atoms with Crippen LogP contribution in [0.2, 0.25) is 0 Å². The van der Waals surface area contributed by atoms with Crippen LogP contribution in [0.1, 0.15) is 47.1 Å². The Bertz CT molecular complexity index is 1910. The number of hydrogen-bond donors (Lipinski definition) is 0. The first-order valence-electron chi connectivity index (χ1n) is 16.6. The summed E-state index contributed by atoms with van der Waals surface area (Å²) in [5.41, 5.74) is 0.742. The summed E-state index contributed by atoms with van der Waals surface area (Å²) < 4.78 is 24.8. The molecule has 0 saturated carbocycles. The van der Waals surface area contributed by atoms with E-state index in [0.29, 0.717) is 6.61 Å². The Morgan fingerprint density at radius 1 is 0.542 bits per heavy atom. The molecule has 0 spiro atoms. The van der Waals surface area contributed by atoms with Crippen LogP contribution in [0.25, 0.3) is 21.5 Å². The number of fused-ring (bicyclic) bond motifs is 3. The summed E-state index contributed by atoms with van der Waals surface area (Å²) in [6, 6.07) is 44.6. The van der Waals surface area contributed by atoms with E-state index in [1.165, 1.54) is 36.9 Å². The molecule has 0 fully saturated rings. The van der Waals surface area contributed by atoms with E-state index in [2.05, 4.69) is 157 Å². The standard InChI is InChI=1S/C43H45O4S/c1-42(2,3)46-33-19-23-35(24-20-33)48(36-25-21-34(22-26-36)47-43(4,5)6)41-18-12-11-17-40(41)45-30-44-28-27-32-29-31-13-7-8-14-37(31)39-16-10-9-15-38(32)39/h7-26,29H,27-28,30H2,1-6H3/q+1. The Balaban J connectivity index is 1.21. The Labute approximate surface area is 288 Å². The smallest absolute Gasteiger partial charge is 0.208 e. The zero-order valence-electron chi connectivity index (χ0n) is 28.8. The van der Waals surface area contributed by atoms with Crippen molar-refractivity contribution in [1.29, 1.82) is 0 Å². The van der Waals surface area contributed by atoms with Crippen molar-refractivity contribution in [3.63, 3.8) is 0 Å². The first-order valence-corrected chi connectivity index (χ1v) is 17.8. The van der Waals surface area contributed by atoms with Crippen LogP contribution < -0.4 is 14.2 Å². The SMILES string of the molecule is CC(C)(C)Oc1ccc([S+](c2ccc(OC(C)(C)C)cc2)c2ccccc2OCOCCc2cc3ccccc3c3ccccc23)cc1. The average molecular weight is 658 g/mol. The molecule has 6 aromatic rings. The zero-order chi connectivity index (χ0) is 33.7. The molecule has 0 N–H and O–H groups in total. The van der Waals surface area contributed by atoms with Crippen molar-refractivity contribution < 1.29 is 18.9 Å². The largest absolute Gasteiger partial charge is 0.488 e. The molecule has 0 amide bonds. The van der Waals surface area contributed by atoms with E-state index >= 15 is 0 Å². The van der Waals surface area contributed by atoms with Crippen molar-refractivity contribution >= 4 is 32.4 Å². The van der Waals surface area contributed by atoms with Gasteiger partial charge in [-0.05, 0) is 136 Å². The molecule has 0 aromatic heterocycles. The molecular weight excluding hydrogens is 613 g/mol. The molecule has 4 nitrogen and oxygen atoms in total. The molecule has 246 valence electrons. The average Bonchev–Trinajstić information content (AvgIpc) is 3.05. The minimum atomic E-state index is -0.447. The fourth-order valence-corrected chi connectivity index (χ4v) is 7.95. The third kappa shape index (κ3) is 8.33. The highest BCUT2D eigenvalue weighted by molar-refractivity contribution is 7.97. The van der Waals surface area contributed by atoms with Gasteiger partial charge in [-0.3, -0.25) is 0 Å². The summed E-state index contributed by atoms with van der Waals surface area (Å²) in [7, 11) is -0.447. The predicted octanol–water partition coefficient (Wildman–Crippen LogP) is 11.0. The van der Waals surface area contributed by atoms with Crippen LogP contribution in [0.4, 0.5) is 0 Å². The maximum Gasteiger partial charge on any atom is 0.208 e. The van der Waals surface area contributed by atoms with Crippen LogP contribution in [0.5, 0.6) is 17.2 Å². The lowest BCUT2D eigenvalue weighted by Gasteiger charge is -2.21. The molecule has 0 radical (unpaired) electrons. The quantitative estimate of drug-likeness (QED) is 0.0601. The number of para-hydroxylation sites is 1. The van der Waals surface area contributed by atoms with Gasteiger partial charge in [0, 0.05) is 0 Å². The van der Waals surface area contributed by atoms with E-state index in [1.807, 2.05) is 12.1 Å². The Kier molecular flexibility index (Phi) is 10.00. The Morgan fingerprint density at radius 3 is 1.67 bits per heavy atom. The molecule has 0 aliphatic rings. The van der Waals surface area contributed by atoms with Crippen LogP contribution in [-0.4, -0.2) is 24.6 Å². The molecule has 0 atom stereocenters. The first kappa shape index (κ1) is 33.5. The van der Waals surface area contributed by atoms with Crippen molar-refractivity contribution in [2.45, 2.75) is 73.9 Å². The Hall–Kier alpha value is -4.45. The summed E-state index contributed by atoms with van der Waals surface area (Å²) in [6.45, 7) is 13.1. The third-order valence-electron chi connectivity index (χ3n) is 7.70. The molecule has 6 rings (SSSR count). The molecule has 6 aromatic carbocycles. The minimum absolute atomic E-state index is 0.163. The van der Waals surface area contributed by atoms with Crippen LogP contribution in [0, 0.1) is 0 Å². The number of benzene rings is 6. The van der Waals surface area contributed by atoms with E-state index in [4.69, 9.17) is 18.9 Å². The minimum Gasteiger partial charge on any atom is -0.488 e. The summed E-state index contributed by atoms with van der Waals surface area (Å²) in [5, 5.41) is 5.08. The van der Waals surface area contributed by atoms with Crippen molar-refractivity contribution in [2.75, 3.05) is 13.4 Å². The topological polar surface area (TPSA) is 36.9 Å². The molecule has 0 heterocycles. The number of hydrogen-bond acceptors (Lipinski definition) is 4. The number of ether oxygens (including phenoxy) is 4. The second-order valence-electron chi connectivity index (χ2n) is 13.8. The van der Waals surface area contributed by atoms with E-state index in [1.54, 1.807) is 0 Å². The van der Waals surface area contributed by atoms with Gasteiger partial charge in [0.2, 0.25) is 4.90 Å². The highest BCUT2D eigenvalue weighted by atomic mass is 32.2. The van der Waals surface area contributed by atoms with Gasteiger partial charge in [0.15, 0.2) is 22.3 Å². The van der Waals surface area contributed by atoms with E-state index in [0.717, 1.165) is 28.6 Å². The van der Waals surface area contributed by atoms with E-state index in [-0.39, 0.29) is 18.0 Å². The highest BCUT2D eigenvalue weighted by Crippen LogP contribution is 2.38. The van der Waals surface area contributed by atoms with Crippen molar-refractivity contribution in [3.8, 4) is 17.2 Å². The van der Waals surface area contributed by atoms with Gasteiger partial charge >= 0.3 is 0 Å². The van der Waals surface area contributed by atoms with Crippen molar-refractivity contribution in [2.24, 2.45) is 0 Å². The van der Waals surface area contributed by atoms with Gasteiger partial charge in [-0.15, -0.1) is 0 Å². The summed E-state index contributed by atoms with van der Waals surface area (Å²) in [6.07, 6.45) is 0.798. The second kappa shape index (κ2) is 14.3. The zero-order valence-corrected chi connectivity index (χ0v) is 29.6. The fraction of sp³-hybridized carbons (Fsp3) is 0.256. The Morgan fingerprint density at radius 2 is 1.06 bits per heavy atom. The molecule has 0 aliphatic carbocycles. The van der Waals surface area contributed by atoms with Crippen LogP contribution in [0.15, 0.2) is 142 Å². The van der Waals surface area contributed by atoms with Crippen LogP contribution in [-0.2, 0) is 22.1 Å². The lowest BCUT2D eigenvalue weighted by atomic mass is 9.96. The lowest BCUT2D eigenvalue weighted by molar-refractivity contribution is 0.0154. The predicted molar refractivity (Wildman–Crippen MR) is 199 cm³/mol. The lowest BCUT2D eigenvalue weighted by Crippen LogP contribution is -2.23. The monoisotopic (exact) mass is 657 g/mol. The summed E-state index contributed by atoms with van der Waals surface area (Å²) >= 11 is 0. The van der Waals surface area contributed by atoms with Gasteiger partial charge in [0.1, 0.15) is 33.6 Å². The van der Waals surface area contributed by atoms with Crippen molar-refractivity contribution in [3.05, 3.63) is 133 Å². The molecule has 48 heavy (non-hydrogen) atoms. The van der Waals surface area contributed by atoms with Gasteiger partial charge in [0.25, 0.3) is 0 Å². The van der Waals surface area contributed by atoms with Gasteiger partial charge in [-0.1, -0.05) is 66.7 Å². The third-order valence-corrected chi connectivity index (χ3v) is 9.97. The molecule has 0 unspecified atom stereocenters.